The number of ether oxygens (including phenoxy) is 1. The molecule has 1 fully saturated rings. The van der Waals surface area contributed by atoms with Crippen LogP contribution in [-0.4, -0.2) is 62.2 Å². The molecule has 1 aliphatic carbocycles. The highest BCUT2D eigenvalue weighted by Gasteiger charge is 2.37. The van der Waals surface area contributed by atoms with Gasteiger partial charge in [0.05, 0.1) is 12.3 Å². The Labute approximate surface area is 231 Å². The first-order valence-corrected chi connectivity index (χ1v) is 14.5. The predicted octanol–water partition coefficient (Wildman–Crippen LogP) is 4.58. The van der Waals surface area contributed by atoms with Crippen LogP contribution in [-0.2, 0) is 19.6 Å². The molecule has 1 atom stereocenters. The van der Waals surface area contributed by atoms with Gasteiger partial charge in [-0.3, -0.25) is 9.59 Å². The van der Waals surface area contributed by atoms with Crippen LogP contribution in [0.1, 0.15) is 30.3 Å². The van der Waals surface area contributed by atoms with Gasteiger partial charge in [0, 0.05) is 35.0 Å². The maximum atomic E-state index is 13.7. The van der Waals surface area contributed by atoms with Crippen LogP contribution < -0.4 is 5.32 Å². The van der Waals surface area contributed by atoms with Crippen molar-refractivity contribution < 1.29 is 22.7 Å². The number of nitrogens with one attached hydrogen (secondary N) is 2. The number of sulfonamides is 1. The van der Waals surface area contributed by atoms with Crippen LogP contribution in [0, 0.1) is 0 Å². The fraction of sp³-hybridized carbons (Fsp3) is 0.286. The quantitative estimate of drug-likeness (QED) is 0.324. The molecule has 1 aliphatic heterocycles. The molecule has 8 nitrogen and oxygen atoms in total. The van der Waals surface area contributed by atoms with E-state index >= 15 is 0 Å². The van der Waals surface area contributed by atoms with Crippen LogP contribution in [0.5, 0.6) is 0 Å². The summed E-state index contributed by atoms with van der Waals surface area (Å²) in [5.74, 6) is -0.394. The van der Waals surface area contributed by atoms with E-state index in [4.69, 9.17) is 4.74 Å². The van der Waals surface area contributed by atoms with Gasteiger partial charge < -0.3 is 15.0 Å². The Bertz CT molecular complexity index is 1480. The number of benzene rings is 1. The Hall–Kier alpha value is -3.05. The second-order valence-electron chi connectivity index (χ2n) is 9.07. The summed E-state index contributed by atoms with van der Waals surface area (Å²) in [5, 5.41) is 3.33. The van der Waals surface area contributed by atoms with Crippen molar-refractivity contribution in [3.8, 4) is 0 Å². The average Bonchev–Trinajstić information content (AvgIpc) is 3.20. The number of carbonyl (C=O) groups is 2. The minimum absolute atomic E-state index is 0.0286. The summed E-state index contributed by atoms with van der Waals surface area (Å²) in [6, 6.07) is 5.12. The maximum Gasteiger partial charge on any atom is 0.250 e. The molecule has 0 saturated carbocycles. The first kappa shape index (κ1) is 28.0. The smallest absolute Gasteiger partial charge is 0.250 e. The van der Waals surface area contributed by atoms with E-state index in [1.54, 1.807) is 24.3 Å². The van der Waals surface area contributed by atoms with Crippen molar-refractivity contribution in [2.45, 2.75) is 30.8 Å². The molecule has 200 valence electrons. The molecule has 1 unspecified atom stereocenters. The SMILES string of the molecule is C=C/C=C\CC1=C(C)CC=CC=C1CNC(=O)C1CN(S(=O)(=O)c2c(C=O)[nH]c3ccc(Br)cc23)CCO1. The Morgan fingerprint density at radius 2 is 2.18 bits per heavy atom. The highest BCUT2D eigenvalue weighted by atomic mass is 79.9. The van der Waals surface area contributed by atoms with Crippen molar-refractivity contribution in [2.75, 3.05) is 26.2 Å². The Morgan fingerprint density at radius 1 is 1.37 bits per heavy atom. The Morgan fingerprint density at radius 3 is 2.95 bits per heavy atom. The van der Waals surface area contributed by atoms with E-state index in [1.165, 1.54) is 9.88 Å². The third-order valence-electron chi connectivity index (χ3n) is 6.59. The first-order valence-electron chi connectivity index (χ1n) is 12.2. The van der Waals surface area contributed by atoms with E-state index in [0.29, 0.717) is 28.1 Å². The lowest BCUT2D eigenvalue weighted by Crippen LogP contribution is -2.51. The number of carbonyl (C=O) groups excluding carboxylic acids is 2. The van der Waals surface area contributed by atoms with Crippen molar-refractivity contribution in [1.29, 1.82) is 0 Å². The van der Waals surface area contributed by atoms with Gasteiger partial charge in [-0.05, 0) is 49.1 Å². The summed E-state index contributed by atoms with van der Waals surface area (Å²) in [6.45, 7) is 6.05. The standard InChI is InChI=1S/C28H30BrN3O5S/c1-3-4-5-10-22-19(2)8-6-7-9-20(22)16-30-28(34)26-17-32(13-14-37-26)38(35,36)27-23-15-21(29)11-12-24(23)31-25(27)18-33/h3-7,9,11-12,15,18,26,31H,1,8,10,13-14,16-17H2,2H3,(H,30,34)/b5-4-. The third-order valence-corrected chi connectivity index (χ3v) is 9.05. The lowest BCUT2D eigenvalue weighted by Gasteiger charge is -2.31. The molecule has 2 N–H and O–H groups in total. The van der Waals surface area contributed by atoms with Gasteiger partial charge in [0.25, 0.3) is 5.91 Å². The van der Waals surface area contributed by atoms with Crippen molar-refractivity contribution in [3.63, 3.8) is 0 Å². The molecule has 2 aromatic rings. The van der Waals surface area contributed by atoms with Crippen LogP contribution in [0.4, 0.5) is 0 Å². The minimum Gasteiger partial charge on any atom is -0.366 e. The van der Waals surface area contributed by atoms with E-state index in [2.05, 4.69) is 45.8 Å². The number of amides is 1. The van der Waals surface area contributed by atoms with E-state index in [-0.39, 0.29) is 36.8 Å². The molecule has 38 heavy (non-hydrogen) atoms. The number of H-pyrrole nitrogens is 1. The van der Waals surface area contributed by atoms with Gasteiger partial charge in [-0.15, -0.1) is 0 Å². The number of nitrogens with zero attached hydrogens (tertiary/aromatic N) is 1. The van der Waals surface area contributed by atoms with Crippen molar-refractivity contribution in [3.05, 3.63) is 88.1 Å². The van der Waals surface area contributed by atoms with Crippen LogP contribution >= 0.6 is 15.9 Å². The van der Waals surface area contributed by atoms with E-state index < -0.39 is 22.0 Å². The summed E-state index contributed by atoms with van der Waals surface area (Å²) in [7, 11) is -4.09. The number of aldehydes is 1. The second kappa shape index (κ2) is 12.2. The van der Waals surface area contributed by atoms with Crippen LogP contribution in [0.15, 0.2) is 87.3 Å². The molecule has 1 amide bonds. The van der Waals surface area contributed by atoms with Crippen molar-refractivity contribution in [2.24, 2.45) is 0 Å². The molecule has 0 bridgehead atoms. The summed E-state index contributed by atoms with van der Waals surface area (Å²) in [4.78, 5) is 27.6. The van der Waals surface area contributed by atoms with E-state index in [0.717, 1.165) is 17.6 Å². The van der Waals surface area contributed by atoms with E-state index in [1.807, 2.05) is 24.3 Å². The fourth-order valence-corrected chi connectivity index (χ4v) is 6.72. The predicted molar refractivity (Wildman–Crippen MR) is 151 cm³/mol. The summed E-state index contributed by atoms with van der Waals surface area (Å²) in [5.41, 5.74) is 3.85. The van der Waals surface area contributed by atoms with Gasteiger partial charge in [-0.2, -0.15) is 4.31 Å². The number of rotatable bonds is 9. The van der Waals surface area contributed by atoms with Gasteiger partial charge in [0.15, 0.2) is 6.29 Å². The monoisotopic (exact) mass is 599 g/mol. The Balaban J connectivity index is 1.50. The van der Waals surface area contributed by atoms with Crippen LogP contribution in [0.25, 0.3) is 10.9 Å². The van der Waals surface area contributed by atoms with Crippen LogP contribution in [0.3, 0.4) is 0 Å². The zero-order valence-electron chi connectivity index (χ0n) is 21.1. The zero-order chi connectivity index (χ0) is 27.3. The van der Waals surface area contributed by atoms with Crippen LogP contribution in [0.2, 0.25) is 0 Å². The molecule has 10 heteroatoms. The zero-order valence-corrected chi connectivity index (χ0v) is 23.5. The average molecular weight is 601 g/mol. The van der Waals surface area contributed by atoms with Gasteiger partial charge in [-0.25, -0.2) is 8.42 Å². The van der Waals surface area contributed by atoms with Gasteiger partial charge >= 0.3 is 0 Å². The number of fused-ring (bicyclic) bond motifs is 1. The molecule has 2 heterocycles. The highest BCUT2D eigenvalue weighted by Crippen LogP contribution is 2.32. The number of hydrogen-bond acceptors (Lipinski definition) is 5. The Kier molecular flexibility index (Phi) is 8.99. The topological polar surface area (TPSA) is 109 Å². The van der Waals surface area contributed by atoms with E-state index in [9.17, 15) is 18.0 Å². The lowest BCUT2D eigenvalue weighted by atomic mass is 9.96. The maximum absolute atomic E-state index is 13.7. The summed E-state index contributed by atoms with van der Waals surface area (Å²) < 4.78 is 34.9. The molecule has 1 aromatic carbocycles. The molecular weight excluding hydrogens is 570 g/mol. The lowest BCUT2D eigenvalue weighted by molar-refractivity contribution is -0.136. The third kappa shape index (κ3) is 5.99. The highest BCUT2D eigenvalue weighted by molar-refractivity contribution is 9.10. The molecule has 4 rings (SSSR count). The van der Waals surface area contributed by atoms with Gasteiger partial charge in [-0.1, -0.05) is 64.5 Å². The minimum atomic E-state index is -4.09. The molecule has 1 saturated heterocycles. The van der Waals surface area contributed by atoms with Crippen molar-refractivity contribution >= 4 is 49.0 Å². The molecule has 1 aromatic heterocycles. The largest absolute Gasteiger partial charge is 0.366 e. The number of morpholine rings is 1. The second-order valence-corrected chi connectivity index (χ2v) is 11.9. The summed E-state index contributed by atoms with van der Waals surface area (Å²) in [6.07, 6.45) is 12.7. The number of halogens is 1. The first-order chi connectivity index (χ1) is 18.3. The normalized spacial score (nSPS) is 19.0. The molecule has 2 aliphatic rings. The number of hydrogen-bond donors (Lipinski definition) is 2. The van der Waals surface area contributed by atoms with Gasteiger partial charge in [0.2, 0.25) is 10.0 Å². The number of allylic oxidation sites excluding steroid dienone is 7. The molecular formula is C28H30BrN3O5S. The molecule has 0 radical (unpaired) electrons. The summed E-state index contributed by atoms with van der Waals surface area (Å²) >= 11 is 3.37. The fourth-order valence-electron chi connectivity index (χ4n) is 4.63. The van der Waals surface area contributed by atoms with Gasteiger partial charge in [0.1, 0.15) is 11.0 Å². The number of aromatic nitrogens is 1. The van der Waals surface area contributed by atoms with Crippen molar-refractivity contribution in [1.82, 2.24) is 14.6 Å². The molecule has 0 spiro atoms. The number of aromatic amines is 1.